The van der Waals surface area contributed by atoms with Crippen LogP contribution in [-0.2, 0) is 4.79 Å². The molecule has 35 heavy (non-hydrogen) atoms. The Morgan fingerprint density at radius 3 is 1.29 bits per heavy atom. The Hall–Kier alpha value is -3.61. The maximum Gasteiger partial charge on any atom is 0.203 e. The molecule has 0 heterocycles. The fraction of sp³-hybridized carbons (Fsp3) is 0.393. The third kappa shape index (κ3) is 5.91. The molecule has 1 aliphatic carbocycles. The number of ether oxygens (including phenoxy) is 6. The highest BCUT2D eigenvalue weighted by molar-refractivity contribution is 6.14. The molecule has 0 N–H and O–H groups in total. The molecule has 0 radical (unpaired) electrons. The molecule has 7 nitrogen and oxygen atoms in total. The van der Waals surface area contributed by atoms with Gasteiger partial charge in [-0.1, -0.05) is 0 Å². The zero-order valence-corrected chi connectivity index (χ0v) is 21.4. The lowest BCUT2D eigenvalue weighted by Crippen LogP contribution is -2.12. The molecule has 0 bridgehead atoms. The highest BCUT2D eigenvalue weighted by Crippen LogP contribution is 2.41. The smallest absolute Gasteiger partial charge is 0.203 e. The van der Waals surface area contributed by atoms with Crippen LogP contribution in [0.25, 0.3) is 12.2 Å². The minimum atomic E-state index is 0.0230. The summed E-state index contributed by atoms with van der Waals surface area (Å²) < 4.78 is 33.4. The standard InChI is InChI=1S/C28H34O7/c1-7-34-27-22(30-3)14-18(15-23(27)31-4)12-20-10-9-11-21(26(20)29)13-19-16-24(32-5)28(35-8-2)25(17-19)33-6/h12-17H,7-11H2,1-6H3/b20-12-,21-13+. The van der Waals surface area contributed by atoms with E-state index in [1.807, 2.05) is 50.3 Å². The van der Waals surface area contributed by atoms with Gasteiger partial charge in [0.25, 0.3) is 0 Å². The van der Waals surface area contributed by atoms with Gasteiger partial charge in [0.15, 0.2) is 28.8 Å². The summed E-state index contributed by atoms with van der Waals surface area (Å²) in [4.78, 5) is 13.4. The summed E-state index contributed by atoms with van der Waals surface area (Å²) in [6.07, 6.45) is 6.07. The number of benzene rings is 2. The number of ketones is 1. The Labute approximate surface area is 207 Å². The van der Waals surface area contributed by atoms with Crippen molar-refractivity contribution in [3.8, 4) is 34.5 Å². The third-order valence-electron chi connectivity index (χ3n) is 5.70. The molecule has 7 heteroatoms. The maximum absolute atomic E-state index is 13.4. The van der Waals surface area contributed by atoms with Crippen molar-refractivity contribution in [2.75, 3.05) is 41.7 Å². The van der Waals surface area contributed by atoms with Crippen LogP contribution in [0.2, 0.25) is 0 Å². The normalized spacial score (nSPS) is 15.8. The SMILES string of the molecule is CCOc1c(OC)cc(/C=C2/CCC/C(=C\c3cc(OC)c(OCC)c(OC)c3)C2=O)cc1OC. The average Bonchev–Trinajstić information content (AvgIpc) is 2.87. The van der Waals surface area contributed by atoms with E-state index in [0.29, 0.717) is 60.6 Å². The van der Waals surface area contributed by atoms with Gasteiger partial charge in [-0.25, -0.2) is 0 Å². The van der Waals surface area contributed by atoms with E-state index in [9.17, 15) is 4.79 Å². The Bertz CT molecular complexity index is 979. The van der Waals surface area contributed by atoms with Crippen LogP contribution in [-0.4, -0.2) is 47.4 Å². The number of carbonyl (C=O) groups is 1. The molecule has 1 saturated carbocycles. The fourth-order valence-corrected chi connectivity index (χ4v) is 4.12. The van der Waals surface area contributed by atoms with Crippen LogP contribution in [0.3, 0.4) is 0 Å². The highest BCUT2D eigenvalue weighted by Gasteiger charge is 2.22. The van der Waals surface area contributed by atoms with Gasteiger partial charge in [0.1, 0.15) is 0 Å². The first-order valence-corrected chi connectivity index (χ1v) is 11.7. The molecule has 0 saturated heterocycles. The minimum Gasteiger partial charge on any atom is -0.493 e. The van der Waals surface area contributed by atoms with Crippen molar-refractivity contribution in [2.24, 2.45) is 0 Å². The molecule has 0 atom stereocenters. The highest BCUT2D eigenvalue weighted by atomic mass is 16.5. The topological polar surface area (TPSA) is 72.5 Å². The van der Waals surface area contributed by atoms with Crippen LogP contribution in [0.1, 0.15) is 44.2 Å². The molecule has 1 fully saturated rings. The fourth-order valence-electron chi connectivity index (χ4n) is 4.12. The number of hydrogen-bond acceptors (Lipinski definition) is 7. The van der Waals surface area contributed by atoms with Crippen LogP contribution in [0, 0.1) is 0 Å². The van der Waals surface area contributed by atoms with E-state index in [2.05, 4.69) is 0 Å². The molecule has 2 aromatic rings. The van der Waals surface area contributed by atoms with Crippen LogP contribution < -0.4 is 28.4 Å². The predicted molar refractivity (Wildman–Crippen MR) is 136 cm³/mol. The van der Waals surface area contributed by atoms with Crippen LogP contribution in [0.15, 0.2) is 35.4 Å². The largest absolute Gasteiger partial charge is 0.493 e. The average molecular weight is 483 g/mol. The van der Waals surface area contributed by atoms with Crippen LogP contribution >= 0.6 is 0 Å². The van der Waals surface area contributed by atoms with Crippen molar-refractivity contribution in [3.05, 3.63) is 46.5 Å². The molecule has 0 unspecified atom stereocenters. The van der Waals surface area contributed by atoms with E-state index in [1.165, 1.54) is 0 Å². The summed E-state index contributed by atoms with van der Waals surface area (Å²) >= 11 is 0. The summed E-state index contributed by atoms with van der Waals surface area (Å²) in [7, 11) is 6.33. The Kier molecular flexibility index (Phi) is 9.06. The number of allylic oxidation sites excluding steroid dienone is 2. The lowest BCUT2D eigenvalue weighted by molar-refractivity contribution is -0.112. The molecule has 188 valence electrons. The van der Waals surface area contributed by atoms with Crippen molar-refractivity contribution < 1.29 is 33.2 Å². The van der Waals surface area contributed by atoms with Gasteiger partial charge in [0.05, 0.1) is 41.7 Å². The maximum atomic E-state index is 13.4. The van der Waals surface area contributed by atoms with Crippen molar-refractivity contribution >= 4 is 17.9 Å². The quantitative estimate of drug-likeness (QED) is 0.400. The summed E-state index contributed by atoms with van der Waals surface area (Å²) in [6, 6.07) is 7.42. The van der Waals surface area contributed by atoms with Crippen molar-refractivity contribution in [1.29, 1.82) is 0 Å². The first kappa shape index (κ1) is 26.0. The van der Waals surface area contributed by atoms with Gasteiger partial charge in [-0.05, 0) is 80.7 Å². The summed E-state index contributed by atoms with van der Waals surface area (Å²) in [5, 5.41) is 0. The zero-order chi connectivity index (χ0) is 25.4. The van der Waals surface area contributed by atoms with Crippen molar-refractivity contribution in [1.82, 2.24) is 0 Å². The first-order chi connectivity index (χ1) is 17.0. The summed E-state index contributed by atoms with van der Waals surface area (Å²) in [5.41, 5.74) is 3.11. The number of carbonyl (C=O) groups excluding carboxylic acids is 1. The van der Waals surface area contributed by atoms with E-state index in [-0.39, 0.29) is 5.78 Å². The predicted octanol–water partition coefficient (Wildman–Crippen LogP) is 5.74. The molecular weight excluding hydrogens is 448 g/mol. The van der Waals surface area contributed by atoms with Gasteiger partial charge in [0, 0.05) is 11.1 Å². The Balaban J connectivity index is 1.97. The van der Waals surface area contributed by atoms with Gasteiger partial charge < -0.3 is 28.4 Å². The number of rotatable bonds is 10. The molecular formula is C28H34O7. The second-order valence-corrected chi connectivity index (χ2v) is 7.90. The van der Waals surface area contributed by atoms with Gasteiger partial charge in [0.2, 0.25) is 11.5 Å². The molecule has 2 aromatic carbocycles. The molecule has 0 amide bonds. The van der Waals surface area contributed by atoms with E-state index < -0.39 is 0 Å². The lowest BCUT2D eigenvalue weighted by Gasteiger charge is -2.18. The molecule has 1 aliphatic rings. The van der Waals surface area contributed by atoms with Gasteiger partial charge >= 0.3 is 0 Å². The second-order valence-electron chi connectivity index (χ2n) is 7.90. The second kappa shape index (κ2) is 12.2. The van der Waals surface area contributed by atoms with E-state index >= 15 is 0 Å². The summed E-state index contributed by atoms with van der Waals surface area (Å²) in [5.74, 6) is 3.37. The van der Waals surface area contributed by atoms with Gasteiger partial charge in [-0.2, -0.15) is 0 Å². The Morgan fingerprint density at radius 1 is 0.657 bits per heavy atom. The van der Waals surface area contributed by atoms with Gasteiger partial charge in [-0.15, -0.1) is 0 Å². The zero-order valence-electron chi connectivity index (χ0n) is 21.4. The number of Topliss-reactive ketones (excluding diaryl/α,β-unsaturated/α-hetero) is 1. The minimum absolute atomic E-state index is 0.0230. The summed E-state index contributed by atoms with van der Waals surface area (Å²) in [6.45, 7) is 4.78. The molecule has 0 aliphatic heterocycles. The first-order valence-electron chi connectivity index (χ1n) is 11.7. The monoisotopic (exact) mass is 482 g/mol. The van der Waals surface area contributed by atoms with E-state index in [0.717, 1.165) is 28.7 Å². The van der Waals surface area contributed by atoms with Crippen molar-refractivity contribution in [3.63, 3.8) is 0 Å². The molecule has 0 spiro atoms. The molecule has 3 rings (SSSR count). The Morgan fingerprint density at radius 2 is 1.00 bits per heavy atom. The number of hydrogen-bond donors (Lipinski definition) is 0. The van der Waals surface area contributed by atoms with Crippen molar-refractivity contribution in [2.45, 2.75) is 33.1 Å². The molecule has 0 aromatic heterocycles. The van der Waals surface area contributed by atoms with Crippen LogP contribution in [0.5, 0.6) is 34.5 Å². The van der Waals surface area contributed by atoms with E-state index in [1.54, 1.807) is 28.4 Å². The third-order valence-corrected chi connectivity index (χ3v) is 5.70. The van der Waals surface area contributed by atoms with E-state index in [4.69, 9.17) is 28.4 Å². The lowest BCUT2D eigenvalue weighted by atomic mass is 9.86. The van der Waals surface area contributed by atoms with Crippen LogP contribution in [0.4, 0.5) is 0 Å². The van der Waals surface area contributed by atoms with Gasteiger partial charge in [-0.3, -0.25) is 4.79 Å². The number of methoxy groups -OCH3 is 4.